The Bertz CT molecular complexity index is 1080. The summed E-state index contributed by atoms with van der Waals surface area (Å²) in [4.78, 5) is 31.3. The molecule has 7 heteroatoms. The molecule has 1 aliphatic rings. The van der Waals surface area contributed by atoms with Gasteiger partial charge in [-0.25, -0.2) is 4.39 Å². The van der Waals surface area contributed by atoms with Gasteiger partial charge in [0.15, 0.2) is 0 Å². The summed E-state index contributed by atoms with van der Waals surface area (Å²) in [6, 6.07) is 7.73. The smallest absolute Gasteiger partial charge is 0.255 e. The van der Waals surface area contributed by atoms with Gasteiger partial charge >= 0.3 is 0 Å². The number of hydrogen-bond donors (Lipinski definition) is 1. The van der Waals surface area contributed by atoms with Gasteiger partial charge in [0.1, 0.15) is 17.3 Å². The molecule has 29 heavy (non-hydrogen) atoms. The summed E-state index contributed by atoms with van der Waals surface area (Å²) in [6.45, 7) is 4.65. The van der Waals surface area contributed by atoms with Gasteiger partial charge in [-0.1, -0.05) is 0 Å². The SMILES string of the molecule is Cc1cc(C(=O)NC2CCN(C(=O)c3cnc4ccc(F)cc4c3)CC2)c(C)o1. The van der Waals surface area contributed by atoms with Gasteiger partial charge in [-0.3, -0.25) is 14.6 Å². The molecule has 1 aliphatic heterocycles. The summed E-state index contributed by atoms with van der Waals surface area (Å²) in [5.74, 6) is 0.674. The summed E-state index contributed by atoms with van der Waals surface area (Å²) < 4.78 is 18.9. The van der Waals surface area contributed by atoms with Crippen molar-refractivity contribution in [1.82, 2.24) is 15.2 Å². The number of fused-ring (bicyclic) bond motifs is 1. The van der Waals surface area contributed by atoms with Crippen molar-refractivity contribution >= 4 is 22.7 Å². The van der Waals surface area contributed by atoms with E-state index in [9.17, 15) is 14.0 Å². The van der Waals surface area contributed by atoms with Crippen LogP contribution in [-0.4, -0.2) is 40.8 Å². The van der Waals surface area contributed by atoms with Crippen LogP contribution < -0.4 is 5.32 Å². The van der Waals surface area contributed by atoms with Crippen molar-refractivity contribution in [2.45, 2.75) is 32.7 Å². The van der Waals surface area contributed by atoms with Crippen LogP contribution in [0.3, 0.4) is 0 Å². The Balaban J connectivity index is 1.38. The largest absolute Gasteiger partial charge is 0.466 e. The molecular weight excluding hydrogens is 373 g/mol. The molecule has 4 rings (SSSR count). The van der Waals surface area contributed by atoms with Crippen LogP contribution in [0.1, 0.15) is 45.1 Å². The van der Waals surface area contributed by atoms with Crippen LogP contribution >= 0.6 is 0 Å². The number of nitrogens with zero attached hydrogens (tertiary/aromatic N) is 2. The molecular formula is C22H22FN3O3. The minimum absolute atomic E-state index is 0.00461. The third-order valence-electron chi connectivity index (χ3n) is 5.29. The maximum absolute atomic E-state index is 13.5. The van der Waals surface area contributed by atoms with E-state index in [4.69, 9.17) is 4.42 Å². The Hall–Kier alpha value is -3.22. The molecule has 0 atom stereocenters. The number of halogens is 1. The highest BCUT2D eigenvalue weighted by Crippen LogP contribution is 2.19. The van der Waals surface area contributed by atoms with Gasteiger partial charge in [0.05, 0.1) is 16.6 Å². The number of aryl methyl sites for hydroxylation is 2. The molecule has 1 fully saturated rings. The van der Waals surface area contributed by atoms with Crippen LogP contribution in [0.2, 0.25) is 0 Å². The van der Waals surface area contributed by atoms with E-state index in [1.54, 1.807) is 30.0 Å². The van der Waals surface area contributed by atoms with E-state index < -0.39 is 0 Å². The van der Waals surface area contributed by atoms with Gasteiger partial charge in [-0.15, -0.1) is 0 Å². The Morgan fingerprint density at radius 2 is 1.93 bits per heavy atom. The molecule has 0 unspecified atom stereocenters. The summed E-state index contributed by atoms with van der Waals surface area (Å²) >= 11 is 0. The topological polar surface area (TPSA) is 75.4 Å². The second-order valence-corrected chi connectivity index (χ2v) is 7.43. The summed E-state index contributed by atoms with van der Waals surface area (Å²) in [5, 5.41) is 3.63. The van der Waals surface area contributed by atoms with Crippen molar-refractivity contribution in [2.24, 2.45) is 0 Å². The molecule has 0 spiro atoms. The van der Waals surface area contributed by atoms with Crippen LogP contribution in [0.4, 0.5) is 4.39 Å². The van der Waals surface area contributed by atoms with Gasteiger partial charge in [-0.2, -0.15) is 0 Å². The van der Waals surface area contributed by atoms with Crippen LogP contribution in [0.5, 0.6) is 0 Å². The maximum Gasteiger partial charge on any atom is 0.255 e. The normalized spacial score (nSPS) is 14.9. The number of piperidine rings is 1. The zero-order valence-electron chi connectivity index (χ0n) is 16.4. The maximum atomic E-state index is 13.5. The fourth-order valence-corrected chi connectivity index (χ4v) is 3.75. The molecule has 150 valence electrons. The number of benzene rings is 1. The summed E-state index contributed by atoms with van der Waals surface area (Å²) in [7, 11) is 0. The van der Waals surface area contributed by atoms with Gasteiger partial charge < -0.3 is 14.6 Å². The highest BCUT2D eigenvalue weighted by Gasteiger charge is 2.26. The number of nitrogens with one attached hydrogen (secondary N) is 1. The van der Waals surface area contributed by atoms with Crippen LogP contribution in [0.25, 0.3) is 10.9 Å². The first kappa shape index (κ1) is 19.1. The van der Waals surface area contributed by atoms with E-state index in [-0.39, 0.29) is 23.7 Å². The first-order valence-electron chi connectivity index (χ1n) is 9.63. The van der Waals surface area contributed by atoms with Gasteiger partial charge in [0, 0.05) is 30.7 Å². The number of hydrogen-bond acceptors (Lipinski definition) is 4. The quantitative estimate of drug-likeness (QED) is 0.735. The lowest BCUT2D eigenvalue weighted by molar-refractivity contribution is 0.0698. The fourth-order valence-electron chi connectivity index (χ4n) is 3.75. The van der Waals surface area contributed by atoms with Crippen molar-refractivity contribution in [2.75, 3.05) is 13.1 Å². The minimum atomic E-state index is -0.358. The zero-order valence-corrected chi connectivity index (χ0v) is 16.4. The molecule has 1 aromatic carbocycles. The van der Waals surface area contributed by atoms with Crippen molar-refractivity contribution in [3.05, 3.63) is 65.0 Å². The third kappa shape index (κ3) is 3.99. The van der Waals surface area contributed by atoms with Crippen molar-refractivity contribution < 1.29 is 18.4 Å². The molecule has 0 bridgehead atoms. The van der Waals surface area contributed by atoms with Crippen LogP contribution in [0.15, 0.2) is 40.9 Å². The number of aromatic nitrogens is 1. The predicted octanol–water partition coefficient (Wildman–Crippen LogP) is 3.62. The summed E-state index contributed by atoms with van der Waals surface area (Å²) in [6.07, 6.45) is 2.87. The van der Waals surface area contributed by atoms with Crippen LogP contribution in [-0.2, 0) is 0 Å². The molecule has 0 saturated carbocycles. The number of rotatable bonds is 3. The second-order valence-electron chi connectivity index (χ2n) is 7.43. The van der Waals surface area contributed by atoms with Gasteiger partial charge in [0.2, 0.25) is 0 Å². The molecule has 6 nitrogen and oxygen atoms in total. The zero-order chi connectivity index (χ0) is 20.5. The number of likely N-dealkylation sites (tertiary alicyclic amines) is 1. The van der Waals surface area contributed by atoms with Crippen LogP contribution in [0, 0.1) is 19.7 Å². The molecule has 1 N–H and O–H groups in total. The van der Waals surface area contributed by atoms with E-state index in [2.05, 4.69) is 10.3 Å². The lowest BCUT2D eigenvalue weighted by Crippen LogP contribution is -2.46. The second kappa shape index (κ2) is 7.66. The number of furan rings is 1. The van der Waals surface area contributed by atoms with Gasteiger partial charge in [-0.05, 0) is 57.0 Å². The first-order chi connectivity index (χ1) is 13.9. The monoisotopic (exact) mass is 395 g/mol. The number of pyridine rings is 1. The Kier molecular flexibility index (Phi) is 5.05. The van der Waals surface area contributed by atoms with Crippen molar-refractivity contribution in [3.63, 3.8) is 0 Å². The Morgan fingerprint density at radius 1 is 1.17 bits per heavy atom. The highest BCUT2D eigenvalue weighted by molar-refractivity contribution is 5.97. The lowest BCUT2D eigenvalue weighted by atomic mass is 10.0. The first-order valence-corrected chi connectivity index (χ1v) is 9.63. The lowest BCUT2D eigenvalue weighted by Gasteiger charge is -2.32. The van der Waals surface area contributed by atoms with E-state index in [0.29, 0.717) is 59.5 Å². The molecule has 2 aromatic heterocycles. The van der Waals surface area contributed by atoms with E-state index in [0.717, 1.165) is 0 Å². The molecule has 2 amide bonds. The third-order valence-corrected chi connectivity index (χ3v) is 5.29. The molecule has 0 aliphatic carbocycles. The minimum Gasteiger partial charge on any atom is -0.466 e. The van der Waals surface area contributed by atoms with Crippen molar-refractivity contribution in [1.29, 1.82) is 0 Å². The standard InChI is InChI=1S/C22H22FN3O3/c1-13-9-19(14(2)29-13)21(27)25-18-5-7-26(8-6-18)22(28)16-10-15-11-17(23)3-4-20(15)24-12-16/h3-4,9-12,18H,5-8H2,1-2H3,(H,25,27). The number of carbonyl (C=O) groups excluding carboxylic acids is 2. The summed E-state index contributed by atoms with van der Waals surface area (Å²) in [5.41, 5.74) is 1.64. The van der Waals surface area contributed by atoms with E-state index in [1.165, 1.54) is 18.3 Å². The Morgan fingerprint density at radius 3 is 2.62 bits per heavy atom. The average molecular weight is 395 g/mol. The fraction of sp³-hybridized carbons (Fsp3) is 0.318. The number of carbonyl (C=O) groups is 2. The predicted molar refractivity (Wildman–Crippen MR) is 106 cm³/mol. The Labute approximate surface area is 167 Å². The molecule has 3 heterocycles. The van der Waals surface area contributed by atoms with Crippen molar-refractivity contribution in [3.8, 4) is 0 Å². The molecule has 3 aromatic rings. The van der Waals surface area contributed by atoms with Gasteiger partial charge in [0.25, 0.3) is 11.8 Å². The molecule has 1 saturated heterocycles. The van der Waals surface area contributed by atoms with E-state index in [1.807, 2.05) is 6.92 Å². The van der Waals surface area contributed by atoms with E-state index >= 15 is 0 Å². The highest BCUT2D eigenvalue weighted by atomic mass is 19.1. The number of amides is 2. The molecule has 0 radical (unpaired) electrons. The average Bonchev–Trinajstić information content (AvgIpc) is 3.05.